The lowest BCUT2D eigenvalue weighted by atomic mass is 9.87. The largest absolute Gasteiger partial charge is 0.489 e. The number of rotatable bonds is 5. The SMILES string of the molecule is CC(C)(C)c1ccc2oc(-c3cc(Br)ccc3OCC=Cc3ccccc3)nc2c1. The summed E-state index contributed by atoms with van der Waals surface area (Å²) in [4.78, 5) is 4.75. The van der Waals surface area contributed by atoms with Crippen LogP contribution in [0.25, 0.3) is 28.6 Å². The molecule has 0 saturated heterocycles. The normalized spacial score (nSPS) is 12.0. The molecule has 1 heterocycles. The first-order valence-corrected chi connectivity index (χ1v) is 10.7. The van der Waals surface area contributed by atoms with Crippen molar-refractivity contribution in [2.45, 2.75) is 26.2 Å². The minimum absolute atomic E-state index is 0.0580. The third kappa shape index (κ3) is 4.65. The molecule has 0 aliphatic carbocycles. The molecule has 0 amide bonds. The quantitative estimate of drug-likeness (QED) is 0.306. The van der Waals surface area contributed by atoms with Crippen molar-refractivity contribution in [2.24, 2.45) is 0 Å². The summed E-state index contributed by atoms with van der Waals surface area (Å²) >= 11 is 3.55. The maximum atomic E-state index is 6.06. The van der Waals surface area contributed by atoms with E-state index in [9.17, 15) is 0 Å². The second-order valence-electron chi connectivity index (χ2n) is 8.22. The van der Waals surface area contributed by atoms with Crippen LogP contribution in [-0.2, 0) is 5.41 Å². The van der Waals surface area contributed by atoms with E-state index in [0.29, 0.717) is 12.5 Å². The third-order valence-electron chi connectivity index (χ3n) is 4.87. The Bertz CT molecular complexity index is 1190. The summed E-state index contributed by atoms with van der Waals surface area (Å²) in [5.41, 5.74) is 4.88. The Morgan fingerprint density at radius 3 is 2.57 bits per heavy atom. The van der Waals surface area contributed by atoms with Gasteiger partial charge in [0.05, 0.1) is 5.56 Å². The number of benzene rings is 3. The summed E-state index contributed by atoms with van der Waals surface area (Å²) in [6.45, 7) is 7.03. The second kappa shape index (κ2) is 8.49. The predicted molar refractivity (Wildman–Crippen MR) is 127 cm³/mol. The fraction of sp³-hybridized carbons (Fsp3) is 0.192. The van der Waals surface area contributed by atoms with E-state index >= 15 is 0 Å². The Hall–Kier alpha value is -2.85. The molecule has 152 valence electrons. The third-order valence-corrected chi connectivity index (χ3v) is 5.36. The van der Waals surface area contributed by atoms with Gasteiger partial charge in [0, 0.05) is 4.47 Å². The zero-order valence-corrected chi connectivity index (χ0v) is 18.9. The summed E-state index contributed by atoms with van der Waals surface area (Å²) in [7, 11) is 0. The molecular formula is C26H24BrNO2. The van der Waals surface area contributed by atoms with Crippen molar-refractivity contribution in [3.63, 3.8) is 0 Å². The molecule has 3 aromatic carbocycles. The minimum Gasteiger partial charge on any atom is -0.489 e. The van der Waals surface area contributed by atoms with Crippen molar-refractivity contribution in [1.82, 2.24) is 4.98 Å². The highest BCUT2D eigenvalue weighted by molar-refractivity contribution is 9.10. The molecule has 4 rings (SSSR count). The zero-order chi connectivity index (χ0) is 21.1. The molecule has 0 N–H and O–H groups in total. The first-order chi connectivity index (χ1) is 14.4. The summed E-state index contributed by atoms with van der Waals surface area (Å²) in [6.07, 6.45) is 4.05. The number of aromatic nitrogens is 1. The van der Waals surface area contributed by atoms with Gasteiger partial charge in [0.1, 0.15) is 17.9 Å². The number of hydrogen-bond donors (Lipinski definition) is 0. The number of ether oxygens (including phenoxy) is 1. The van der Waals surface area contributed by atoms with Crippen molar-refractivity contribution in [1.29, 1.82) is 0 Å². The van der Waals surface area contributed by atoms with Crippen LogP contribution < -0.4 is 4.74 Å². The molecule has 0 spiro atoms. The molecule has 0 radical (unpaired) electrons. The van der Waals surface area contributed by atoms with Crippen LogP contribution >= 0.6 is 15.9 Å². The van der Waals surface area contributed by atoms with Crippen molar-refractivity contribution < 1.29 is 9.15 Å². The molecule has 0 aliphatic rings. The van der Waals surface area contributed by atoms with Crippen LogP contribution in [0.15, 0.2) is 81.7 Å². The Labute approximate surface area is 185 Å². The van der Waals surface area contributed by atoms with E-state index < -0.39 is 0 Å². The van der Waals surface area contributed by atoms with Gasteiger partial charge in [-0.15, -0.1) is 0 Å². The van der Waals surface area contributed by atoms with E-state index in [1.807, 2.05) is 54.6 Å². The van der Waals surface area contributed by atoms with E-state index in [1.54, 1.807) is 0 Å². The topological polar surface area (TPSA) is 35.3 Å². The van der Waals surface area contributed by atoms with Gasteiger partial charge >= 0.3 is 0 Å². The van der Waals surface area contributed by atoms with Gasteiger partial charge in [0.15, 0.2) is 5.58 Å². The summed E-state index contributed by atoms with van der Waals surface area (Å²) < 4.78 is 13.0. The van der Waals surface area contributed by atoms with Gasteiger partial charge in [-0.25, -0.2) is 4.98 Å². The number of halogens is 1. The molecular weight excluding hydrogens is 438 g/mol. The molecule has 3 nitrogen and oxygen atoms in total. The van der Waals surface area contributed by atoms with E-state index in [4.69, 9.17) is 14.1 Å². The maximum Gasteiger partial charge on any atom is 0.231 e. The molecule has 0 saturated carbocycles. The van der Waals surface area contributed by atoms with Gasteiger partial charge in [-0.2, -0.15) is 0 Å². The lowest BCUT2D eigenvalue weighted by molar-refractivity contribution is 0.364. The standard InChI is InChI=1S/C26H24BrNO2/c1-26(2,3)19-11-13-24-22(16-19)28-25(30-24)21-17-20(27)12-14-23(21)29-15-7-10-18-8-5-4-6-9-18/h4-14,16-17H,15H2,1-3H3. The number of hydrogen-bond acceptors (Lipinski definition) is 3. The molecule has 30 heavy (non-hydrogen) atoms. The van der Waals surface area contributed by atoms with Gasteiger partial charge in [-0.05, 0) is 52.9 Å². The average Bonchev–Trinajstić information content (AvgIpc) is 3.15. The van der Waals surface area contributed by atoms with Crippen molar-refractivity contribution in [3.05, 3.63) is 88.4 Å². The highest BCUT2D eigenvalue weighted by atomic mass is 79.9. The molecule has 0 fully saturated rings. The summed E-state index contributed by atoms with van der Waals surface area (Å²) in [5, 5.41) is 0. The first kappa shape index (κ1) is 20.4. The smallest absolute Gasteiger partial charge is 0.231 e. The Morgan fingerprint density at radius 1 is 1.00 bits per heavy atom. The van der Waals surface area contributed by atoms with Crippen LogP contribution in [0.5, 0.6) is 5.75 Å². The van der Waals surface area contributed by atoms with Crippen LogP contribution in [0.3, 0.4) is 0 Å². The number of oxazole rings is 1. The number of nitrogens with zero attached hydrogens (tertiary/aromatic N) is 1. The fourth-order valence-corrected chi connectivity index (χ4v) is 3.55. The van der Waals surface area contributed by atoms with E-state index in [1.165, 1.54) is 5.56 Å². The molecule has 0 atom stereocenters. The lowest BCUT2D eigenvalue weighted by Crippen LogP contribution is -2.10. The fourth-order valence-electron chi connectivity index (χ4n) is 3.19. The molecule has 4 aromatic rings. The number of fused-ring (bicyclic) bond motifs is 1. The van der Waals surface area contributed by atoms with Crippen molar-refractivity contribution in [3.8, 4) is 17.2 Å². The first-order valence-electron chi connectivity index (χ1n) is 9.95. The monoisotopic (exact) mass is 461 g/mol. The van der Waals surface area contributed by atoms with Crippen LogP contribution in [0, 0.1) is 0 Å². The lowest BCUT2D eigenvalue weighted by Gasteiger charge is -2.18. The molecule has 0 unspecified atom stereocenters. The molecule has 1 aromatic heterocycles. The van der Waals surface area contributed by atoms with E-state index in [0.717, 1.165) is 32.4 Å². The van der Waals surface area contributed by atoms with Crippen LogP contribution in [0.4, 0.5) is 0 Å². The summed E-state index contributed by atoms with van der Waals surface area (Å²) in [5.74, 6) is 1.29. The Morgan fingerprint density at radius 2 is 1.80 bits per heavy atom. The molecule has 0 aliphatic heterocycles. The van der Waals surface area contributed by atoms with E-state index in [-0.39, 0.29) is 5.41 Å². The molecule has 4 heteroatoms. The minimum atomic E-state index is 0.0580. The zero-order valence-electron chi connectivity index (χ0n) is 17.4. The van der Waals surface area contributed by atoms with Gasteiger partial charge in [0.2, 0.25) is 5.89 Å². The predicted octanol–water partition coefficient (Wildman–Crippen LogP) is 7.65. The van der Waals surface area contributed by atoms with Crippen molar-refractivity contribution in [2.75, 3.05) is 6.61 Å². The highest BCUT2D eigenvalue weighted by Crippen LogP contribution is 2.35. The van der Waals surface area contributed by atoms with Gasteiger partial charge in [-0.1, -0.05) is 79.2 Å². The highest BCUT2D eigenvalue weighted by Gasteiger charge is 2.18. The van der Waals surface area contributed by atoms with Crippen molar-refractivity contribution >= 4 is 33.1 Å². The average molecular weight is 462 g/mol. The van der Waals surface area contributed by atoms with Crippen LogP contribution in [0.1, 0.15) is 31.9 Å². The van der Waals surface area contributed by atoms with Crippen LogP contribution in [-0.4, -0.2) is 11.6 Å². The van der Waals surface area contributed by atoms with Gasteiger partial charge in [0.25, 0.3) is 0 Å². The summed E-state index contributed by atoms with van der Waals surface area (Å²) in [6, 6.07) is 22.2. The van der Waals surface area contributed by atoms with Crippen LogP contribution in [0.2, 0.25) is 0 Å². The molecule has 0 bridgehead atoms. The van der Waals surface area contributed by atoms with Gasteiger partial charge in [-0.3, -0.25) is 0 Å². The Kier molecular flexibility index (Phi) is 5.78. The van der Waals surface area contributed by atoms with E-state index in [2.05, 4.69) is 61.0 Å². The Balaban J connectivity index is 1.61. The maximum absolute atomic E-state index is 6.06. The van der Waals surface area contributed by atoms with Gasteiger partial charge < -0.3 is 9.15 Å². The second-order valence-corrected chi connectivity index (χ2v) is 9.13.